The SMILES string of the molecule is COC(=O)c1noc(C)c1-c1ccccc1. The van der Waals surface area contributed by atoms with E-state index in [9.17, 15) is 4.79 Å². The van der Waals surface area contributed by atoms with E-state index in [1.54, 1.807) is 6.92 Å². The number of carbonyl (C=O) groups excluding carboxylic acids is 1. The van der Waals surface area contributed by atoms with Gasteiger partial charge in [-0.15, -0.1) is 0 Å². The van der Waals surface area contributed by atoms with Crippen molar-refractivity contribution in [3.63, 3.8) is 0 Å². The van der Waals surface area contributed by atoms with Crippen LogP contribution >= 0.6 is 0 Å². The van der Waals surface area contributed by atoms with Crippen LogP contribution in [0.5, 0.6) is 0 Å². The Morgan fingerprint density at radius 1 is 1.31 bits per heavy atom. The van der Waals surface area contributed by atoms with Crippen molar-refractivity contribution in [2.24, 2.45) is 0 Å². The van der Waals surface area contributed by atoms with Gasteiger partial charge in [0.25, 0.3) is 0 Å². The molecule has 0 bridgehead atoms. The first-order valence-corrected chi connectivity index (χ1v) is 4.84. The smallest absolute Gasteiger partial charge is 0.360 e. The van der Waals surface area contributed by atoms with E-state index < -0.39 is 5.97 Å². The van der Waals surface area contributed by atoms with E-state index in [2.05, 4.69) is 9.89 Å². The van der Waals surface area contributed by atoms with Crippen LogP contribution in [0.15, 0.2) is 34.9 Å². The molecule has 0 amide bonds. The van der Waals surface area contributed by atoms with Crippen LogP contribution < -0.4 is 0 Å². The highest BCUT2D eigenvalue weighted by molar-refractivity contribution is 5.95. The summed E-state index contributed by atoms with van der Waals surface area (Å²) in [6, 6.07) is 9.48. The molecule has 0 aliphatic carbocycles. The first-order valence-electron chi connectivity index (χ1n) is 4.84. The number of benzene rings is 1. The Hall–Kier alpha value is -2.10. The van der Waals surface area contributed by atoms with Gasteiger partial charge in [-0.05, 0) is 12.5 Å². The van der Waals surface area contributed by atoms with Crippen LogP contribution in [0.25, 0.3) is 11.1 Å². The van der Waals surface area contributed by atoms with Gasteiger partial charge in [0.1, 0.15) is 5.76 Å². The zero-order chi connectivity index (χ0) is 11.5. The normalized spacial score (nSPS) is 10.1. The molecule has 0 fully saturated rings. The van der Waals surface area contributed by atoms with Gasteiger partial charge in [0, 0.05) is 0 Å². The number of hydrogen-bond acceptors (Lipinski definition) is 4. The van der Waals surface area contributed by atoms with Crippen molar-refractivity contribution in [2.75, 3.05) is 7.11 Å². The third-order valence-corrected chi connectivity index (χ3v) is 2.30. The first-order chi connectivity index (χ1) is 7.74. The molecular formula is C12H11NO3. The fraction of sp³-hybridized carbons (Fsp3) is 0.167. The van der Waals surface area contributed by atoms with Crippen molar-refractivity contribution in [1.82, 2.24) is 5.16 Å². The Morgan fingerprint density at radius 3 is 2.62 bits per heavy atom. The summed E-state index contributed by atoms with van der Waals surface area (Å²) < 4.78 is 9.67. The highest BCUT2D eigenvalue weighted by Gasteiger charge is 2.21. The number of carbonyl (C=O) groups is 1. The van der Waals surface area contributed by atoms with Crippen LogP contribution in [0.3, 0.4) is 0 Å². The molecule has 1 aromatic heterocycles. The summed E-state index contributed by atoms with van der Waals surface area (Å²) in [6.45, 7) is 1.77. The van der Waals surface area contributed by atoms with Crippen LogP contribution in [-0.4, -0.2) is 18.2 Å². The summed E-state index contributed by atoms with van der Waals surface area (Å²) >= 11 is 0. The molecule has 2 rings (SSSR count). The van der Waals surface area contributed by atoms with Gasteiger partial charge in [-0.3, -0.25) is 0 Å². The van der Waals surface area contributed by atoms with E-state index in [1.807, 2.05) is 30.3 Å². The van der Waals surface area contributed by atoms with Crippen LogP contribution in [0.1, 0.15) is 16.2 Å². The summed E-state index contributed by atoms with van der Waals surface area (Å²) in [5, 5.41) is 3.71. The van der Waals surface area contributed by atoms with Gasteiger partial charge < -0.3 is 9.26 Å². The molecule has 16 heavy (non-hydrogen) atoms. The Kier molecular flexibility index (Phi) is 2.72. The van der Waals surface area contributed by atoms with E-state index in [1.165, 1.54) is 7.11 Å². The molecule has 0 radical (unpaired) electrons. The van der Waals surface area contributed by atoms with Crippen LogP contribution in [0.2, 0.25) is 0 Å². The van der Waals surface area contributed by atoms with E-state index in [-0.39, 0.29) is 5.69 Å². The molecule has 0 saturated carbocycles. The van der Waals surface area contributed by atoms with Crippen molar-refractivity contribution >= 4 is 5.97 Å². The minimum Gasteiger partial charge on any atom is -0.464 e. The molecule has 0 unspecified atom stereocenters. The summed E-state index contributed by atoms with van der Waals surface area (Å²) in [7, 11) is 1.32. The Balaban J connectivity index is 2.56. The van der Waals surface area contributed by atoms with Crippen molar-refractivity contribution in [2.45, 2.75) is 6.92 Å². The van der Waals surface area contributed by atoms with Crippen molar-refractivity contribution in [1.29, 1.82) is 0 Å². The molecule has 0 saturated heterocycles. The number of ether oxygens (including phenoxy) is 1. The highest BCUT2D eigenvalue weighted by atomic mass is 16.5. The zero-order valence-electron chi connectivity index (χ0n) is 9.06. The molecule has 82 valence electrons. The predicted octanol–water partition coefficient (Wildman–Crippen LogP) is 2.44. The van der Waals surface area contributed by atoms with Crippen molar-refractivity contribution < 1.29 is 14.1 Å². The molecule has 0 atom stereocenters. The Morgan fingerprint density at radius 2 is 2.00 bits per heavy atom. The van der Waals surface area contributed by atoms with Gasteiger partial charge in [0.05, 0.1) is 12.7 Å². The number of aryl methyl sites for hydroxylation is 1. The molecule has 0 aliphatic rings. The average Bonchev–Trinajstić information content (AvgIpc) is 2.71. The topological polar surface area (TPSA) is 52.3 Å². The molecule has 4 nitrogen and oxygen atoms in total. The zero-order valence-corrected chi connectivity index (χ0v) is 9.06. The minimum absolute atomic E-state index is 0.214. The lowest BCUT2D eigenvalue weighted by Gasteiger charge is -2.00. The van der Waals surface area contributed by atoms with E-state index in [0.29, 0.717) is 11.3 Å². The predicted molar refractivity (Wildman–Crippen MR) is 58.0 cm³/mol. The third kappa shape index (κ3) is 1.69. The Labute approximate surface area is 92.8 Å². The highest BCUT2D eigenvalue weighted by Crippen LogP contribution is 2.27. The second kappa shape index (κ2) is 4.18. The fourth-order valence-electron chi connectivity index (χ4n) is 1.55. The number of nitrogens with zero attached hydrogens (tertiary/aromatic N) is 1. The van der Waals surface area contributed by atoms with Crippen molar-refractivity contribution in [3.05, 3.63) is 41.8 Å². The van der Waals surface area contributed by atoms with Gasteiger partial charge in [0.2, 0.25) is 0 Å². The number of hydrogen-bond donors (Lipinski definition) is 0. The van der Waals surface area contributed by atoms with Crippen molar-refractivity contribution in [3.8, 4) is 11.1 Å². The lowest BCUT2D eigenvalue weighted by molar-refractivity contribution is 0.0590. The minimum atomic E-state index is -0.490. The number of aromatic nitrogens is 1. The van der Waals surface area contributed by atoms with Crippen LogP contribution in [0, 0.1) is 6.92 Å². The molecule has 1 aromatic carbocycles. The second-order valence-corrected chi connectivity index (χ2v) is 3.32. The largest absolute Gasteiger partial charge is 0.464 e. The molecule has 4 heteroatoms. The number of esters is 1. The maximum absolute atomic E-state index is 11.5. The lowest BCUT2D eigenvalue weighted by atomic mass is 10.0. The summed E-state index contributed by atoms with van der Waals surface area (Å²) in [6.07, 6.45) is 0. The summed E-state index contributed by atoms with van der Waals surface area (Å²) in [4.78, 5) is 11.5. The average molecular weight is 217 g/mol. The molecular weight excluding hydrogens is 206 g/mol. The summed E-state index contributed by atoms with van der Waals surface area (Å²) in [5.74, 6) is 0.113. The number of methoxy groups -OCH3 is 1. The first kappa shape index (κ1) is 10.4. The van der Waals surface area contributed by atoms with E-state index >= 15 is 0 Å². The molecule has 0 spiro atoms. The second-order valence-electron chi connectivity index (χ2n) is 3.32. The van der Waals surface area contributed by atoms with Gasteiger partial charge in [-0.25, -0.2) is 4.79 Å². The van der Waals surface area contributed by atoms with Crippen LogP contribution in [-0.2, 0) is 4.74 Å². The summed E-state index contributed by atoms with van der Waals surface area (Å²) in [5.41, 5.74) is 1.79. The van der Waals surface area contributed by atoms with E-state index in [0.717, 1.165) is 5.56 Å². The third-order valence-electron chi connectivity index (χ3n) is 2.30. The molecule has 2 aromatic rings. The van der Waals surface area contributed by atoms with Gasteiger partial charge in [0.15, 0.2) is 5.69 Å². The quantitative estimate of drug-likeness (QED) is 0.725. The standard InChI is InChI=1S/C12H11NO3/c1-8-10(9-6-4-3-5-7-9)11(13-16-8)12(14)15-2/h3-7H,1-2H3. The van der Waals surface area contributed by atoms with Crippen LogP contribution in [0.4, 0.5) is 0 Å². The lowest BCUT2D eigenvalue weighted by Crippen LogP contribution is -2.03. The molecule has 0 aliphatic heterocycles. The monoisotopic (exact) mass is 217 g/mol. The van der Waals surface area contributed by atoms with Gasteiger partial charge in [-0.1, -0.05) is 35.5 Å². The van der Waals surface area contributed by atoms with Gasteiger partial charge >= 0.3 is 5.97 Å². The fourth-order valence-corrected chi connectivity index (χ4v) is 1.55. The number of rotatable bonds is 2. The van der Waals surface area contributed by atoms with Gasteiger partial charge in [-0.2, -0.15) is 0 Å². The maximum atomic E-state index is 11.5. The maximum Gasteiger partial charge on any atom is 0.360 e. The van der Waals surface area contributed by atoms with E-state index in [4.69, 9.17) is 4.52 Å². The molecule has 1 heterocycles. The Bertz CT molecular complexity index is 502. The molecule has 0 N–H and O–H groups in total.